The first-order valence-electron chi connectivity index (χ1n) is 7.59. The van der Waals surface area contributed by atoms with Gasteiger partial charge in [-0.3, -0.25) is 0 Å². The van der Waals surface area contributed by atoms with Crippen LogP contribution in [0, 0.1) is 0 Å². The van der Waals surface area contributed by atoms with Gasteiger partial charge in [0, 0.05) is 19.7 Å². The molecule has 0 aliphatic rings. The van der Waals surface area contributed by atoms with Crippen LogP contribution < -0.4 is 0 Å². The molecule has 5 aromatic rings. The highest BCUT2D eigenvalue weighted by atomic mass is 79.9. The lowest BCUT2D eigenvalue weighted by Gasteiger charge is -2.11. The van der Waals surface area contributed by atoms with Crippen LogP contribution in [0.25, 0.3) is 43.6 Å². The van der Waals surface area contributed by atoms with E-state index in [1.807, 2.05) is 12.1 Å². The molecule has 0 radical (unpaired) electrons. The summed E-state index contributed by atoms with van der Waals surface area (Å²) in [5.41, 5.74) is 3.63. The number of fused-ring (bicyclic) bond motifs is 7. The fraction of sp³-hybridized carbons (Fsp3) is 0.0476. The van der Waals surface area contributed by atoms with Gasteiger partial charge in [-0.25, -0.2) is 9.97 Å². The third-order valence-corrected chi connectivity index (χ3v) is 5.66. The van der Waals surface area contributed by atoms with E-state index in [1.54, 1.807) is 0 Å². The predicted molar refractivity (Wildman–Crippen MR) is 114 cm³/mol. The molecular weight excluding hydrogens is 440 g/mol. The van der Waals surface area contributed by atoms with E-state index in [9.17, 15) is 0 Å². The minimum absolute atomic E-state index is 0. The standard InChI is InChI=1S/C20H10Br2N2.CH4/c21-15-9-10-16(22)20-19(15)23-17-13-7-3-1-5-11(13)12-6-2-4-8-14(12)18(17)24-20;/h1-10H;1H4. The molecule has 0 aliphatic heterocycles. The van der Waals surface area contributed by atoms with Crippen molar-refractivity contribution in [2.75, 3.05) is 0 Å². The van der Waals surface area contributed by atoms with E-state index in [1.165, 1.54) is 10.8 Å². The quantitative estimate of drug-likeness (QED) is 0.182. The molecule has 2 nitrogen and oxygen atoms in total. The Labute approximate surface area is 162 Å². The predicted octanol–water partition coefficient (Wildman–Crippen LogP) is 7.25. The lowest BCUT2D eigenvalue weighted by Crippen LogP contribution is -1.92. The molecule has 0 aliphatic carbocycles. The summed E-state index contributed by atoms with van der Waals surface area (Å²) < 4.78 is 1.90. The van der Waals surface area contributed by atoms with Crippen LogP contribution in [0.1, 0.15) is 7.43 Å². The molecule has 25 heavy (non-hydrogen) atoms. The van der Waals surface area contributed by atoms with Gasteiger partial charge in [0.2, 0.25) is 0 Å². The van der Waals surface area contributed by atoms with Crippen molar-refractivity contribution >= 4 is 75.5 Å². The van der Waals surface area contributed by atoms with E-state index in [2.05, 4.69) is 80.4 Å². The maximum atomic E-state index is 4.98. The minimum atomic E-state index is 0. The number of halogens is 2. The molecule has 0 spiro atoms. The van der Waals surface area contributed by atoms with Crippen molar-refractivity contribution in [1.82, 2.24) is 9.97 Å². The van der Waals surface area contributed by atoms with Gasteiger partial charge in [0.15, 0.2) is 0 Å². The van der Waals surface area contributed by atoms with E-state index in [4.69, 9.17) is 9.97 Å². The van der Waals surface area contributed by atoms with Crippen molar-refractivity contribution < 1.29 is 0 Å². The third-order valence-electron chi connectivity index (χ3n) is 4.38. The molecular formula is C21H14Br2N2. The molecule has 5 rings (SSSR count). The average Bonchev–Trinajstić information content (AvgIpc) is 2.64. The van der Waals surface area contributed by atoms with Crippen LogP contribution >= 0.6 is 31.9 Å². The van der Waals surface area contributed by atoms with Crippen molar-refractivity contribution in [2.45, 2.75) is 7.43 Å². The molecule has 0 bridgehead atoms. The van der Waals surface area contributed by atoms with Gasteiger partial charge in [0.25, 0.3) is 0 Å². The first-order chi connectivity index (χ1) is 11.7. The van der Waals surface area contributed by atoms with E-state index in [-0.39, 0.29) is 7.43 Å². The number of nitrogens with zero attached hydrogens (tertiary/aromatic N) is 2. The molecule has 4 heteroatoms. The molecule has 0 amide bonds. The van der Waals surface area contributed by atoms with Crippen LogP contribution in [-0.2, 0) is 0 Å². The Morgan fingerprint density at radius 2 is 0.840 bits per heavy atom. The van der Waals surface area contributed by atoms with Gasteiger partial charge in [-0.2, -0.15) is 0 Å². The zero-order valence-corrected chi connectivity index (χ0v) is 15.6. The minimum Gasteiger partial charge on any atom is -0.243 e. The zero-order chi connectivity index (χ0) is 16.3. The number of benzene rings is 4. The Morgan fingerprint density at radius 1 is 0.480 bits per heavy atom. The maximum Gasteiger partial charge on any atom is 0.105 e. The molecule has 0 atom stereocenters. The Kier molecular flexibility index (Phi) is 3.97. The molecule has 4 aromatic carbocycles. The Hall–Kier alpha value is -2.04. The number of aromatic nitrogens is 2. The van der Waals surface area contributed by atoms with Crippen molar-refractivity contribution in [3.63, 3.8) is 0 Å². The third kappa shape index (κ3) is 2.35. The van der Waals surface area contributed by atoms with Gasteiger partial charge in [-0.15, -0.1) is 0 Å². The van der Waals surface area contributed by atoms with Crippen LogP contribution in [0.2, 0.25) is 0 Å². The molecule has 1 heterocycles. The summed E-state index contributed by atoms with van der Waals surface area (Å²) in [6.45, 7) is 0. The summed E-state index contributed by atoms with van der Waals surface area (Å²) in [5.74, 6) is 0. The monoisotopic (exact) mass is 452 g/mol. The zero-order valence-electron chi connectivity index (χ0n) is 12.4. The van der Waals surface area contributed by atoms with Crippen molar-refractivity contribution in [3.8, 4) is 0 Å². The highest BCUT2D eigenvalue weighted by Gasteiger charge is 2.14. The molecule has 0 unspecified atom stereocenters. The maximum absolute atomic E-state index is 4.98. The van der Waals surface area contributed by atoms with E-state index >= 15 is 0 Å². The number of hydrogen-bond donors (Lipinski definition) is 0. The van der Waals surface area contributed by atoms with Gasteiger partial charge in [0.1, 0.15) is 11.0 Å². The Bertz CT molecular complexity index is 1180. The fourth-order valence-corrected chi connectivity index (χ4v) is 4.11. The molecule has 0 saturated carbocycles. The normalized spacial score (nSPS) is 11.3. The van der Waals surface area contributed by atoms with Crippen LogP contribution in [0.4, 0.5) is 0 Å². The van der Waals surface area contributed by atoms with Crippen LogP contribution in [0.3, 0.4) is 0 Å². The first-order valence-corrected chi connectivity index (χ1v) is 9.17. The van der Waals surface area contributed by atoms with E-state index in [0.717, 1.165) is 41.8 Å². The molecule has 0 saturated heterocycles. The second-order valence-electron chi connectivity index (χ2n) is 5.74. The van der Waals surface area contributed by atoms with Gasteiger partial charge < -0.3 is 0 Å². The summed E-state index contributed by atoms with van der Waals surface area (Å²) in [6.07, 6.45) is 0. The van der Waals surface area contributed by atoms with Crippen molar-refractivity contribution in [1.29, 1.82) is 0 Å². The summed E-state index contributed by atoms with van der Waals surface area (Å²) in [4.78, 5) is 9.95. The summed E-state index contributed by atoms with van der Waals surface area (Å²) in [5, 5.41) is 4.68. The molecule has 0 N–H and O–H groups in total. The average molecular weight is 454 g/mol. The van der Waals surface area contributed by atoms with Crippen LogP contribution in [-0.4, -0.2) is 9.97 Å². The van der Waals surface area contributed by atoms with Crippen molar-refractivity contribution in [2.24, 2.45) is 0 Å². The SMILES string of the molecule is Brc1ccc(Br)c2nc3c4ccccc4c4ccccc4c3nc12.C. The van der Waals surface area contributed by atoms with Crippen molar-refractivity contribution in [3.05, 3.63) is 69.6 Å². The topological polar surface area (TPSA) is 25.8 Å². The van der Waals surface area contributed by atoms with Gasteiger partial charge in [-0.05, 0) is 54.8 Å². The summed E-state index contributed by atoms with van der Waals surface area (Å²) in [7, 11) is 0. The van der Waals surface area contributed by atoms with Crippen LogP contribution in [0.5, 0.6) is 0 Å². The first kappa shape index (κ1) is 16.4. The van der Waals surface area contributed by atoms with Gasteiger partial charge >= 0.3 is 0 Å². The smallest absolute Gasteiger partial charge is 0.105 e. The second kappa shape index (κ2) is 6.04. The van der Waals surface area contributed by atoms with Gasteiger partial charge in [-0.1, -0.05) is 56.0 Å². The number of hydrogen-bond acceptors (Lipinski definition) is 2. The molecule has 122 valence electrons. The number of rotatable bonds is 0. The highest BCUT2D eigenvalue weighted by Crippen LogP contribution is 2.36. The fourth-order valence-electron chi connectivity index (χ4n) is 3.30. The largest absolute Gasteiger partial charge is 0.243 e. The lowest BCUT2D eigenvalue weighted by atomic mass is 9.99. The van der Waals surface area contributed by atoms with E-state index in [0.29, 0.717) is 0 Å². The Balaban J connectivity index is 0.00000157. The molecule has 1 aromatic heterocycles. The summed E-state index contributed by atoms with van der Waals surface area (Å²) in [6, 6.07) is 20.8. The summed E-state index contributed by atoms with van der Waals surface area (Å²) >= 11 is 7.21. The Morgan fingerprint density at radius 3 is 1.24 bits per heavy atom. The lowest BCUT2D eigenvalue weighted by molar-refractivity contribution is 1.39. The molecule has 0 fully saturated rings. The van der Waals surface area contributed by atoms with Crippen LogP contribution in [0.15, 0.2) is 69.6 Å². The highest BCUT2D eigenvalue weighted by molar-refractivity contribution is 9.11. The van der Waals surface area contributed by atoms with E-state index < -0.39 is 0 Å². The van der Waals surface area contributed by atoms with Gasteiger partial charge in [0.05, 0.1) is 11.0 Å². The second-order valence-corrected chi connectivity index (χ2v) is 7.45.